The quantitative estimate of drug-likeness (QED) is 0.610. The highest BCUT2D eigenvalue weighted by atomic mass is 16.5. The molecule has 0 unspecified atom stereocenters. The number of rotatable bonds is 9. The van der Waals surface area contributed by atoms with E-state index in [0.29, 0.717) is 0 Å². The van der Waals surface area contributed by atoms with Crippen LogP contribution in [0.15, 0.2) is 0 Å². The van der Waals surface area contributed by atoms with Crippen LogP contribution in [0.4, 0.5) is 0 Å². The molecule has 0 aromatic carbocycles. The van der Waals surface area contributed by atoms with Gasteiger partial charge in [0, 0.05) is 32.3 Å². The third kappa shape index (κ3) is 5.28. The summed E-state index contributed by atoms with van der Waals surface area (Å²) in [4.78, 5) is 2.63. The van der Waals surface area contributed by atoms with Crippen LogP contribution in [0.2, 0.25) is 0 Å². The van der Waals surface area contributed by atoms with Crippen molar-refractivity contribution < 1.29 is 4.74 Å². The summed E-state index contributed by atoms with van der Waals surface area (Å²) >= 11 is 0. The fourth-order valence-corrected chi connectivity index (χ4v) is 2.50. The minimum absolute atomic E-state index is 0.824. The molecule has 3 nitrogen and oxygen atoms in total. The number of hydrogen-bond donors (Lipinski definition) is 1. The van der Waals surface area contributed by atoms with Crippen molar-refractivity contribution in [2.24, 2.45) is 0 Å². The highest BCUT2D eigenvalue weighted by Gasteiger charge is 2.20. The van der Waals surface area contributed by atoms with Crippen LogP contribution in [-0.4, -0.2) is 50.3 Å². The lowest BCUT2D eigenvalue weighted by molar-refractivity contribution is 0.146. The highest BCUT2D eigenvalue weighted by molar-refractivity contribution is 4.77. The maximum Gasteiger partial charge on any atom is 0.0590 e. The molecule has 0 aromatic heterocycles. The summed E-state index contributed by atoms with van der Waals surface area (Å²) in [7, 11) is 0. The molecule has 0 heterocycles. The fourth-order valence-electron chi connectivity index (χ4n) is 2.50. The molecule has 96 valence electrons. The van der Waals surface area contributed by atoms with Gasteiger partial charge in [0.05, 0.1) is 6.61 Å². The average Bonchev–Trinajstić information content (AvgIpc) is 2.82. The molecule has 0 saturated heterocycles. The van der Waals surface area contributed by atoms with Gasteiger partial charge < -0.3 is 10.1 Å². The van der Waals surface area contributed by atoms with E-state index in [1.165, 1.54) is 38.8 Å². The zero-order valence-corrected chi connectivity index (χ0v) is 11.0. The lowest BCUT2D eigenvalue weighted by Gasteiger charge is -2.27. The molecule has 1 aliphatic carbocycles. The summed E-state index contributed by atoms with van der Waals surface area (Å²) in [5, 5.41) is 3.44. The number of nitrogens with one attached hydrogen (secondary N) is 1. The van der Waals surface area contributed by atoms with Gasteiger partial charge in [-0.25, -0.2) is 0 Å². The molecule has 3 heteroatoms. The Morgan fingerprint density at radius 1 is 1.19 bits per heavy atom. The molecule has 0 bridgehead atoms. The molecule has 1 fully saturated rings. The van der Waals surface area contributed by atoms with Crippen LogP contribution in [0.5, 0.6) is 0 Å². The van der Waals surface area contributed by atoms with Crippen molar-refractivity contribution in [1.82, 2.24) is 10.2 Å². The molecule has 0 spiro atoms. The van der Waals surface area contributed by atoms with Gasteiger partial charge >= 0.3 is 0 Å². The third-order valence-corrected chi connectivity index (χ3v) is 3.45. The van der Waals surface area contributed by atoms with Crippen molar-refractivity contribution in [2.45, 2.75) is 45.6 Å². The Kier molecular flexibility index (Phi) is 7.81. The minimum Gasteiger partial charge on any atom is -0.380 e. The van der Waals surface area contributed by atoms with Crippen molar-refractivity contribution in [3.8, 4) is 0 Å². The van der Waals surface area contributed by atoms with E-state index in [-0.39, 0.29) is 0 Å². The Hall–Kier alpha value is -0.120. The second kappa shape index (κ2) is 8.97. The zero-order valence-electron chi connectivity index (χ0n) is 11.0. The van der Waals surface area contributed by atoms with Gasteiger partial charge in [0.1, 0.15) is 0 Å². The van der Waals surface area contributed by atoms with Crippen LogP contribution in [0.25, 0.3) is 0 Å². The molecular formula is C13H28N2O. The van der Waals surface area contributed by atoms with E-state index in [0.717, 1.165) is 32.3 Å². The molecule has 1 aliphatic rings. The largest absolute Gasteiger partial charge is 0.380 e. The Balaban J connectivity index is 2.00. The molecule has 16 heavy (non-hydrogen) atoms. The maximum absolute atomic E-state index is 5.29. The monoisotopic (exact) mass is 228 g/mol. The van der Waals surface area contributed by atoms with E-state index in [1.54, 1.807) is 0 Å². The number of likely N-dealkylation sites (N-methyl/N-ethyl adjacent to an activating group) is 1. The molecule has 0 aromatic rings. The lowest BCUT2D eigenvalue weighted by Crippen LogP contribution is -2.39. The molecule has 0 radical (unpaired) electrons. The summed E-state index contributed by atoms with van der Waals surface area (Å²) in [5.41, 5.74) is 0. The van der Waals surface area contributed by atoms with Crippen LogP contribution < -0.4 is 5.32 Å². The summed E-state index contributed by atoms with van der Waals surface area (Å²) in [6, 6.07) is 0.860. The average molecular weight is 228 g/mol. The predicted octanol–water partition coefficient (Wildman–Crippen LogP) is 1.88. The summed E-state index contributed by atoms with van der Waals surface area (Å²) in [6.07, 6.45) is 5.68. The maximum atomic E-state index is 5.29. The van der Waals surface area contributed by atoms with Gasteiger partial charge in [-0.3, -0.25) is 4.90 Å². The van der Waals surface area contributed by atoms with Gasteiger partial charge in [-0.05, 0) is 26.3 Å². The Morgan fingerprint density at radius 2 is 1.94 bits per heavy atom. The van der Waals surface area contributed by atoms with E-state index < -0.39 is 0 Å². The predicted molar refractivity (Wildman–Crippen MR) is 68.9 cm³/mol. The molecular weight excluding hydrogens is 200 g/mol. The van der Waals surface area contributed by atoms with E-state index in [1.807, 2.05) is 6.92 Å². The van der Waals surface area contributed by atoms with Crippen molar-refractivity contribution in [3.63, 3.8) is 0 Å². The van der Waals surface area contributed by atoms with Crippen molar-refractivity contribution >= 4 is 0 Å². The normalized spacial score (nSPS) is 17.4. The fraction of sp³-hybridized carbons (Fsp3) is 1.00. The molecule has 0 atom stereocenters. The van der Waals surface area contributed by atoms with E-state index >= 15 is 0 Å². The summed E-state index contributed by atoms with van der Waals surface area (Å²) in [6.45, 7) is 10.4. The highest BCUT2D eigenvalue weighted by Crippen LogP contribution is 2.22. The molecule has 0 aliphatic heterocycles. The molecule has 1 N–H and O–H groups in total. The first-order valence-corrected chi connectivity index (χ1v) is 6.91. The van der Waals surface area contributed by atoms with E-state index in [9.17, 15) is 0 Å². The van der Waals surface area contributed by atoms with Gasteiger partial charge in [-0.2, -0.15) is 0 Å². The Bertz CT molecular complexity index is 158. The van der Waals surface area contributed by atoms with E-state index in [4.69, 9.17) is 4.74 Å². The molecule has 1 rings (SSSR count). The van der Waals surface area contributed by atoms with Crippen molar-refractivity contribution in [2.75, 3.05) is 39.4 Å². The van der Waals surface area contributed by atoms with E-state index in [2.05, 4.69) is 17.1 Å². The SMILES string of the molecule is CCOCCNCCN(CC)C1CCCC1. The standard InChI is InChI=1S/C13H28N2O/c1-3-15(13-7-5-6-8-13)11-9-14-10-12-16-4-2/h13-14H,3-12H2,1-2H3. The first-order chi connectivity index (χ1) is 7.88. The topological polar surface area (TPSA) is 24.5 Å². The van der Waals surface area contributed by atoms with Gasteiger partial charge in [0.2, 0.25) is 0 Å². The molecule has 0 amide bonds. The Morgan fingerprint density at radius 3 is 2.56 bits per heavy atom. The van der Waals surface area contributed by atoms with Crippen LogP contribution in [0.3, 0.4) is 0 Å². The number of nitrogens with zero attached hydrogens (tertiary/aromatic N) is 1. The van der Waals surface area contributed by atoms with Crippen LogP contribution in [-0.2, 0) is 4.74 Å². The van der Waals surface area contributed by atoms with Crippen LogP contribution >= 0.6 is 0 Å². The first-order valence-electron chi connectivity index (χ1n) is 6.91. The first kappa shape index (κ1) is 13.9. The lowest BCUT2D eigenvalue weighted by atomic mass is 10.2. The Labute approximate surface area is 101 Å². The van der Waals surface area contributed by atoms with Crippen LogP contribution in [0.1, 0.15) is 39.5 Å². The third-order valence-electron chi connectivity index (χ3n) is 3.45. The number of ether oxygens (including phenoxy) is 1. The van der Waals surface area contributed by atoms with Crippen molar-refractivity contribution in [3.05, 3.63) is 0 Å². The zero-order chi connectivity index (χ0) is 11.6. The van der Waals surface area contributed by atoms with Crippen LogP contribution in [0, 0.1) is 0 Å². The second-order valence-corrected chi connectivity index (χ2v) is 4.51. The summed E-state index contributed by atoms with van der Waals surface area (Å²) in [5.74, 6) is 0. The van der Waals surface area contributed by atoms with Crippen molar-refractivity contribution in [1.29, 1.82) is 0 Å². The minimum atomic E-state index is 0.824. The van der Waals surface area contributed by atoms with Gasteiger partial charge in [-0.1, -0.05) is 19.8 Å². The summed E-state index contributed by atoms with van der Waals surface area (Å²) < 4.78 is 5.29. The molecule has 1 saturated carbocycles. The van der Waals surface area contributed by atoms with Gasteiger partial charge in [0.25, 0.3) is 0 Å². The van der Waals surface area contributed by atoms with Gasteiger partial charge in [-0.15, -0.1) is 0 Å². The second-order valence-electron chi connectivity index (χ2n) is 4.51. The number of hydrogen-bond acceptors (Lipinski definition) is 3. The smallest absolute Gasteiger partial charge is 0.0590 e. The van der Waals surface area contributed by atoms with Gasteiger partial charge in [0.15, 0.2) is 0 Å².